The van der Waals surface area contributed by atoms with E-state index in [1.807, 2.05) is 0 Å². The smallest absolute Gasteiger partial charge is 0.181 e. The highest BCUT2D eigenvalue weighted by Crippen LogP contribution is 2.28. The molecular formula is C17H17BrN2O. The molecule has 21 heavy (non-hydrogen) atoms. The van der Waals surface area contributed by atoms with E-state index in [1.54, 1.807) is 0 Å². The van der Waals surface area contributed by atoms with Crippen molar-refractivity contribution in [3.8, 4) is 11.3 Å². The zero-order valence-electron chi connectivity index (χ0n) is 11.9. The van der Waals surface area contributed by atoms with E-state index in [9.17, 15) is 0 Å². The van der Waals surface area contributed by atoms with Crippen LogP contribution >= 0.6 is 15.9 Å². The summed E-state index contributed by atoms with van der Waals surface area (Å²) in [5, 5.41) is 5.76. The second kappa shape index (κ2) is 6.41. The van der Waals surface area contributed by atoms with Crippen LogP contribution in [0.3, 0.4) is 0 Å². The second-order valence-corrected chi connectivity index (χ2v) is 5.93. The monoisotopic (exact) mass is 344 g/mol. The molecule has 3 rings (SSSR count). The molecule has 0 aliphatic rings. The van der Waals surface area contributed by atoms with Gasteiger partial charge in [-0.1, -0.05) is 41.1 Å². The minimum atomic E-state index is 0.734. The molecule has 0 atom stereocenters. The van der Waals surface area contributed by atoms with Gasteiger partial charge in [-0.2, -0.15) is 0 Å². The molecule has 3 nitrogen and oxygen atoms in total. The Balaban J connectivity index is 1.93. The van der Waals surface area contributed by atoms with E-state index in [4.69, 9.17) is 4.42 Å². The summed E-state index contributed by atoms with van der Waals surface area (Å²) in [5.74, 6) is 0.850. The van der Waals surface area contributed by atoms with E-state index < -0.39 is 0 Å². The Morgan fingerprint density at radius 3 is 2.81 bits per heavy atom. The summed E-state index contributed by atoms with van der Waals surface area (Å²) in [5.41, 5.74) is 2.02. The van der Waals surface area contributed by atoms with Crippen molar-refractivity contribution in [3.63, 3.8) is 0 Å². The molecule has 0 spiro atoms. The van der Waals surface area contributed by atoms with Gasteiger partial charge in [-0.25, -0.2) is 4.98 Å². The zero-order chi connectivity index (χ0) is 14.7. The van der Waals surface area contributed by atoms with Gasteiger partial charge in [0.25, 0.3) is 0 Å². The lowest BCUT2D eigenvalue weighted by atomic mass is 10.0. The molecule has 0 amide bonds. The van der Waals surface area contributed by atoms with Crippen LogP contribution in [0, 0.1) is 0 Å². The molecule has 0 bridgehead atoms. The number of rotatable bonds is 5. The number of hydrogen-bond acceptors (Lipinski definition) is 3. The van der Waals surface area contributed by atoms with Crippen molar-refractivity contribution in [3.05, 3.63) is 53.0 Å². The van der Waals surface area contributed by atoms with E-state index in [0.29, 0.717) is 0 Å². The maximum Gasteiger partial charge on any atom is 0.181 e. The summed E-state index contributed by atoms with van der Waals surface area (Å²) >= 11 is 3.50. The van der Waals surface area contributed by atoms with Gasteiger partial charge in [0, 0.05) is 16.6 Å². The van der Waals surface area contributed by atoms with Crippen molar-refractivity contribution in [1.82, 2.24) is 10.3 Å². The highest BCUT2D eigenvalue weighted by molar-refractivity contribution is 9.10. The van der Waals surface area contributed by atoms with Crippen LogP contribution in [0.1, 0.15) is 19.0 Å². The van der Waals surface area contributed by atoms with Crippen LogP contribution in [0.5, 0.6) is 0 Å². The Morgan fingerprint density at radius 2 is 1.95 bits per heavy atom. The molecule has 4 heteroatoms. The van der Waals surface area contributed by atoms with E-state index in [2.05, 4.69) is 69.6 Å². The van der Waals surface area contributed by atoms with Crippen molar-refractivity contribution >= 4 is 26.7 Å². The summed E-state index contributed by atoms with van der Waals surface area (Å²) in [7, 11) is 0. The Hall–Kier alpha value is -1.65. The lowest BCUT2D eigenvalue weighted by molar-refractivity contribution is 0.569. The molecule has 0 unspecified atom stereocenters. The molecule has 0 fully saturated rings. The first-order valence-corrected chi connectivity index (χ1v) is 7.90. The number of aromatic nitrogens is 1. The minimum Gasteiger partial charge on any atom is -0.443 e. The molecule has 1 heterocycles. The Kier molecular flexibility index (Phi) is 4.36. The lowest BCUT2D eigenvalue weighted by Crippen LogP contribution is -2.14. The average molecular weight is 345 g/mol. The topological polar surface area (TPSA) is 38.1 Å². The molecule has 0 saturated carbocycles. The third-order valence-electron chi connectivity index (χ3n) is 3.42. The van der Waals surface area contributed by atoms with Gasteiger partial charge in [0.1, 0.15) is 5.69 Å². The molecule has 108 valence electrons. The number of fused-ring (bicyclic) bond motifs is 1. The summed E-state index contributed by atoms with van der Waals surface area (Å²) in [6, 6.07) is 12.6. The van der Waals surface area contributed by atoms with Gasteiger partial charge in [-0.3, -0.25) is 0 Å². The zero-order valence-corrected chi connectivity index (χ0v) is 13.5. The van der Waals surface area contributed by atoms with Crippen LogP contribution < -0.4 is 5.32 Å². The Labute approximate surface area is 132 Å². The second-order valence-electron chi connectivity index (χ2n) is 5.01. The molecular weight excluding hydrogens is 328 g/mol. The van der Waals surface area contributed by atoms with Crippen molar-refractivity contribution in [2.24, 2.45) is 0 Å². The summed E-state index contributed by atoms with van der Waals surface area (Å²) < 4.78 is 6.68. The van der Waals surface area contributed by atoms with E-state index in [1.165, 1.54) is 17.2 Å². The Morgan fingerprint density at radius 1 is 1.14 bits per heavy atom. The summed E-state index contributed by atoms with van der Waals surface area (Å²) in [4.78, 5) is 4.32. The van der Waals surface area contributed by atoms with Crippen LogP contribution in [0.2, 0.25) is 0 Å². The molecule has 2 aromatic carbocycles. The van der Waals surface area contributed by atoms with Crippen LogP contribution in [-0.2, 0) is 6.54 Å². The quantitative estimate of drug-likeness (QED) is 0.678. The highest BCUT2D eigenvalue weighted by Gasteiger charge is 2.11. The molecule has 0 aliphatic carbocycles. The largest absolute Gasteiger partial charge is 0.443 e. The molecule has 3 aromatic rings. The standard InChI is InChI=1S/C17H17BrN2O/c1-2-7-19-10-16-17(21-11-20-16)14-4-3-13-9-15(18)6-5-12(13)8-14/h3-6,8-9,11,19H,2,7,10H2,1H3. The third kappa shape index (κ3) is 3.17. The predicted molar refractivity (Wildman–Crippen MR) is 89.1 cm³/mol. The maximum atomic E-state index is 5.59. The van der Waals surface area contributed by atoms with Crippen LogP contribution in [0.25, 0.3) is 22.1 Å². The molecule has 0 aliphatic heterocycles. The van der Waals surface area contributed by atoms with Gasteiger partial charge >= 0.3 is 0 Å². The number of nitrogens with zero attached hydrogens (tertiary/aromatic N) is 1. The molecule has 0 radical (unpaired) electrons. The summed E-state index contributed by atoms with van der Waals surface area (Å²) in [6.07, 6.45) is 2.63. The first-order valence-electron chi connectivity index (χ1n) is 7.10. The number of hydrogen-bond donors (Lipinski definition) is 1. The first-order chi connectivity index (χ1) is 10.3. The fraction of sp³-hybridized carbons (Fsp3) is 0.235. The lowest BCUT2D eigenvalue weighted by Gasteiger charge is -2.05. The average Bonchev–Trinajstić information content (AvgIpc) is 2.95. The molecule has 1 N–H and O–H groups in total. The number of benzene rings is 2. The molecule has 0 saturated heterocycles. The van der Waals surface area contributed by atoms with Gasteiger partial charge in [-0.05, 0) is 41.9 Å². The SMILES string of the molecule is CCCNCc1ncoc1-c1ccc2cc(Br)ccc2c1. The fourth-order valence-corrected chi connectivity index (χ4v) is 2.75. The van der Waals surface area contributed by atoms with Crippen LogP contribution in [0.15, 0.2) is 51.7 Å². The summed E-state index contributed by atoms with van der Waals surface area (Å²) in [6.45, 7) is 3.87. The highest BCUT2D eigenvalue weighted by atomic mass is 79.9. The minimum absolute atomic E-state index is 0.734. The van der Waals surface area contributed by atoms with Gasteiger partial charge in [-0.15, -0.1) is 0 Å². The Bertz CT molecular complexity index is 751. The van der Waals surface area contributed by atoms with Crippen molar-refractivity contribution in [2.45, 2.75) is 19.9 Å². The van der Waals surface area contributed by atoms with Crippen molar-refractivity contribution in [1.29, 1.82) is 0 Å². The maximum absolute atomic E-state index is 5.59. The van der Waals surface area contributed by atoms with E-state index >= 15 is 0 Å². The van der Waals surface area contributed by atoms with Gasteiger partial charge in [0.05, 0.1) is 0 Å². The van der Waals surface area contributed by atoms with Crippen molar-refractivity contribution in [2.75, 3.05) is 6.54 Å². The van der Waals surface area contributed by atoms with Crippen LogP contribution in [-0.4, -0.2) is 11.5 Å². The number of nitrogens with one attached hydrogen (secondary N) is 1. The van der Waals surface area contributed by atoms with Gasteiger partial charge < -0.3 is 9.73 Å². The van der Waals surface area contributed by atoms with E-state index in [0.717, 1.165) is 41.0 Å². The number of oxazole rings is 1. The van der Waals surface area contributed by atoms with Crippen LogP contribution in [0.4, 0.5) is 0 Å². The first kappa shape index (κ1) is 14.3. The van der Waals surface area contributed by atoms with E-state index in [-0.39, 0.29) is 0 Å². The molecule has 1 aromatic heterocycles. The normalized spacial score (nSPS) is 11.1. The van der Waals surface area contributed by atoms with Gasteiger partial charge in [0.15, 0.2) is 12.2 Å². The van der Waals surface area contributed by atoms with Crippen molar-refractivity contribution < 1.29 is 4.42 Å². The number of halogens is 1. The van der Waals surface area contributed by atoms with Gasteiger partial charge in [0.2, 0.25) is 0 Å². The predicted octanol–water partition coefficient (Wildman–Crippen LogP) is 4.76. The third-order valence-corrected chi connectivity index (χ3v) is 3.92. The fourth-order valence-electron chi connectivity index (χ4n) is 2.37.